The zero-order chi connectivity index (χ0) is 23.8. The summed E-state index contributed by atoms with van der Waals surface area (Å²) in [6.45, 7) is 8.61. The molecule has 1 N–H and O–H groups in total. The molecule has 4 amide bonds. The van der Waals surface area contributed by atoms with Gasteiger partial charge >= 0.3 is 12.1 Å². The van der Waals surface area contributed by atoms with Crippen LogP contribution in [-0.2, 0) is 6.54 Å². The Morgan fingerprint density at radius 1 is 1.09 bits per heavy atom. The van der Waals surface area contributed by atoms with Gasteiger partial charge in [0.2, 0.25) is 0 Å². The normalized spacial score (nSPS) is 17.7. The first-order valence-corrected chi connectivity index (χ1v) is 12.0. The number of rotatable bonds is 4. The van der Waals surface area contributed by atoms with Crippen LogP contribution in [0.3, 0.4) is 0 Å². The van der Waals surface area contributed by atoms with Crippen molar-refractivity contribution in [1.29, 1.82) is 0 Å². The van der Waals surface area contributed by atoms with Crippen LogP contribution in [0.5, 0.6) is 0 Å². The first-order valence-electron chi connectivity index (χ1n) is 12.0. The second kappa shape index (κ2) is 9.08. The molecule has 0 saturated heterocycles. The molecule has 1 fully saturated rings. The van der Waals surface area contributed by atoms with E-state index in [9.17, 15) is 9.59 Å². The van der Waals surface area contributed by atoms with Gasteiger partial charge in [-0.15, -0.1) is 0 Å². The van der Waals surface area contributed by atoms with E-state index in [4.69, 9.17) is 0 Å². The summed E-state index contributed by atoms with van der Waals surface area (Å²) in [4.78, 5) is 32.1. The van der Waals surface area contributed by atoms with Gasteiger partial charge in [-0.05, 0) is 69.9 Å². The summed E-state index contributed by atoms with van der Waals surface area (Å²) in [6, 6.07) is 16.3. The van der Waals surface area contributed by atoms with E-state index in [1.54, 1.807) is 4.90 Å². The molecule has 0 bridgehead atoms. The van der Waals surface area contributed by atoms with Crippen LogP contribution in [-0.4, -0.2) is 35.6 Å². The van der Waals surface area contributed by atoms with Crippen molar-refractivity contribution in [1.82, 2.24) is 10.2 Å². The number of carbonyl (C=O) groups is 2. The highest BCUT2D eigenvalue weighted by atomic mass is 16.2. The van der Waals surface area contributed by atoms with E-state index in [1.165, 1.54) is 0 Å². The van der Waals surface area contributed by atoms with Crippen molar-refractivity contribution in [3.05, 3.63) is 59.7 Å². The Labute approximate surface area is 197 Å². The van der Waals surface area contributed by atoms with Gasteiger partial charge in [0.15, 0.2) is 0 Å². The van der Waals surface area contributed by atoms with Crippen molar-refractivity contribution in [2.45, 2.75) is 77.5 Å². The molecule has 6 nitrogen and oxygen atoms in total. The molecule has 0 unspecified atom stereocenters. The van der Waals surface area contributed by atoms with Crippen molar-refractivity contribution < 1.29 is 9.59 Å². The number of nitrogens with one attached hydrogen (secondary N) is 1. The maximum absolute atomic E-state index is 13.3. The molecular formula is C27H36N4O2. The number of urea groups is 2. The van der Waals surface area contributed by atoms with E-state index in [2.05, 4.69) is 30.4 Å². The lowest BCUT2D eigenvalue weighted by atomic mass is 10.0. The number of benzene rings is 2. The molecule has 1 aliphatic carbocycles. The number of nitrogens with zero attached hydrogens (tertiary/aromatic N) is 3. The second-order valence-corrected chi connectivity index (χ2v) is 10.4. The third kappa shape index (κ3) is 4.85. The summed E-state index contributed by atoms with van der Waals surface area (Å²) in [5.41, 5.74) is 3.66. The van der Waals surface area contributed by atoms with E-state index < -0.39 is 0 Å². The first kappa shape index (κ1) is 23.1. The maximum Gasteiger partial charge on any atom is 0.325 e. The zero-order valence-corrected chi connectivity index (χ0v) is 20.5. The fourth-order valence-corrected chi connectivity index (χ4v) is 4.99. The van der Waals surface area contributed by atoms with E-state index in [0.717, 1.165) is 48.2 Å². The SMILES string of the molecule is C[C@H](c1ccccc1)N1C(=O)N(C)Cc2cc(N(C(=O)NC(C)(C)C)C3CCCC3)ccc21. The minimum Gasteiger partial charge on any atom is -0.333 e. The maximum atomic E-state index is 13.3. The number of fused-ring (bicyclic) bond motifs is 1. The molecule has 1 aliphatic heterocycles. The molecule has 33 heavy (non-hydrogen) atoms. The van der Waals surface area contributed by atoms with Gasteiger partial charge in [0, 0.05) is 30.9 Å². The van der Waals surface area contributed by atoms with Gasteiger partial charge in [0.1, 0.15) is 0 Å². The molecule has 2 aliphatic rings. The molecular weight excluding hydrogens is 412 g/mol. The van der Waals surface area contributed by atoms with Crippen LogP contribution in [0.2, 0.25) is 0 Å². The highest BCUT2D eigenvalue weighted by Gasteiger charge is 2.35. The number of anilines is 2. The molecule has 1 atom stereocenters. The highest BCUT2D eigenvalue weighted by Crippen LogP contribution is 2.38. The Balaban J connectivity index is 1.71. The quantitative estimate of drug-likeness (QED) is 0.616. The Kier molecular flexibility index (Phi) is 6.37. The van der Waals surface area contributed by atoms with Crippen molar-refractivity contribution in [3.8, 4) is 0 Å². The topological polar surface area (TPSA) is 55.9 Å². The van der Waals surface area contributed by atoms with E-state index in [-0.39, 0.29) is 29.7 Å². The van der Waals surface area contributed by atoms with Gasteiger partial charge in [-0.1, -0.05) is 43.2 Å². The fraction of sp³-hybridized carbons (Fsp3) is 0.481. The number of carbonyl (C=O) groups excluding carboxylic acids is 2. The standard InChI is InChI=1S/C27H36N4O2/c1-19(20-11-7-6-8-12-20)30-24-16-15-23(17-21(24)18-29(5)26(30)33)31(22-13-9-10-14-22)25(32)28-27(2,3)4/h6-8,11-12,15-17,19,22H,9-10,13-14,18H2,1-5H3,(H,28,32)/t19-/m1/s1. The summed E-state index contributed by atoms with van der Waals surface area (Å²) in [7, 11) is 1.84. The number of hydrogen-bond donors (Lipinski definition) is 1. The molecule has 176 valence electrons. The summed E-state index contributed by atoms with van der Waals surface area (Å²) in [5, 5.41) is 3.15. The Bertz CT molecular complexity index is 1010. The van der Waals surface area contributed by atoms with E-state index in [0.29, 0.717) is 6.54 Å². The summed E-state index contributed by atoms with van der Waals surface area (Å²) >= 11 is 0. The number of amides is 4. The fourth-order valence-electron chi connectivity index (χ4n) is 4.99. The van der Waals surface area contributed by atoms with Gasteiger partial charge in [-0.3, -0.25) is 9.80 Å². The summed E-state index contributed by atoms with van der Waals surface area (Å²) in [6.07, 6.45) is 4.33. The second-order valence-electron chi connectivity index (χ2n) is 10.4. The first-order chi connectivity index (χ1) is 15.7. The van der Waals surface area contributed by atoms with Gasteiger partial charge in [0.05, 0.1) is 11.7 Å². The van der Waals surface area contributed by atoms with Crippen molar-refractivity contribution in [2.75, 3.05) is 16.8 Å². The summed E-state index contributed by atoms with van der Waals surface area (Å²) in [5.74, 6) is 0. The van der Waals surface area contributed by atoms with E-state index in [1.807, 2.05) is 68.0 Å². The molecule has 1 heterocycles. The summed E-state index contributed by atoms with van der Waals surface area (Å²) < 4.78 is 0. The van der Waals surface area contributed by atoms with Crippen LogP contribution in [0.4, 0.5) is 21.0 Å². The molecule has 2 aromatic carbocycles. The highest BCUT2D eigenvalue weighted by molar-refractivity contribution is 5.97. The predicted octanol–water partition coefficient (Wildman–Crippen LogP) is 6.08. The van der Waals surface area contributed by atoms with Crippen LogP contribution < -0.4 is 15.1 Å². The zero-order valence-electron chi connectivity index (χ0n) is 20.5. The average Bonchev–Trinajstić information content (AvgIpc) is 3.28. The van der Waals surface area contributed by atoms with Crippen LogP contribution in [0.25, 0.3) is 0 Å². The van der Waals surface area contributed by atoms with Gasteiger partial charge in [0.25, 0.3) is 0 Å². The van der Waals surface area contributed by atoms with Gasteiger partial charge in [-0.2, -0.15) is 0 Å². The lowest BCUT2D eigenvalue weighted by Gasteiger charge is -2.40. The Morgan fingerprint density at radius 3 is 2.39 bits per heavy atom. The van der Waals surface area contributed by atoms with Crippen molar-refractivity contribution in [2.24, 2.45) is 0 Å². The lowest BCUT2D eigenvalue weighted by molar-refractivity contribution is 0.208. The largest absolute Gasteiger partial charge is 0.333 e. The molecule has 4 rings (SSSR count). The third-order valence-corrected chi connectivity index (χ3v) is 6.60. The average molecular weight is 449 g/mol. The number of hydrogen-bond acceptors (Lipinski definition) is 2. The smallest absolute Gasteiger partial charge is 0.325 e. The molecule has 0 aromatic heterocycles. The monoisotopic (exact) mass is 448 g/mol. The van der Waals surface area contributed by atoms with E-state index >= 15 is 0 Å². The minimum atomic E-state index is -0.309. The Hall–Kier alpha value is -3.02. The van der Waals surface area contributed by atoms with Crippen molar-refractivity contribution >= 4 is 23.4 Å². The van der Waals surface area contributed by atoms with Crippen LogP contribution in [0.1, 0.15) is 70.5 Å². The van der Waals surface area contributed by atoms with Crippen LogP contribution >= 0.6 is 0 Å². The van der Waals surface area contributed by atoms with Gasteiger partial charge < -0.3 is 10.2 Å². The molecule has 0 radical (unpaired) electrons. The van der Waals surface area contributed by atoms with Gasteiger partial charge in [-0.25, -0.2) is 9.59 Å². The molecule has 6 heteroatoms. The van der Waals surface area contributed by atoms with Crippen LogP contribution in [0, 0.1) is 0 Å². The molecule has 2 aromatic rings. The van der Waals surface area contributed by atoms with Crippen molar-refractivity contribution in [3.63, 3.8) is 0 Å². The molecule has 1 saturated carbocycles. The van der Waals surface area contributed by atoms with Crippen LogP contribution in [0.15, 0.2) is 48.5 Å². The predicted molar refractivity (Wildman–Crippen MR) is 134 cm³/mol. The Morgan fingerprint density at radius 2 is 1.76 bits per heavy atom. The third-order valence-electron chi connectivity index (χ3n) is 6.60. The minimum absolute atomic E-state index is 0.00951. The lowest BCUT2D eigenvalue weighted by Crippen LogP contribution is -2.52. The molecule has 0 spiro atoms.